The van der Waals surface area contributed by atoms with Gasteiger partial charge >= 0.3 is 0 Å². The molecule has 0 aliphatic carbocycles. The molecular formula is C17H29ClN2S. The monoisotopic (exact) mass is 328 g/mol. The number of nitrogens with one attached hydrogen (secondary N) is 1. The predicted molar refractivity (Wildman–Crippen MR) is 98.9 cm³/mol. The molecule has 0 bridgehead atoms. The first-order valence-electron chi connectivity index (χ1n) is 7.53. The van der Waals surface area contributed by atoms with Crippen LogP contribution in [0.25, 0.3) is 0 Å². The van der Waals surface area contributed by atoms with E-state index < -0.39 is 0 Å². The maximum absolute atomic E-state index is 6.22. The minimum absolute atomic E-state index is 0.110. The van der Waals surface area contributed by atoms with Crippen molar-refractivity contribution >= 4 is 29.1 Å². The lowest BCUT2D eigenvalue weighted by Crippen LogP contribution is -2.37. The largest absolute Gasteiger partial charge is 0.370 e. The van der Waals surface area contributed by atoms with E-state index >= 15 is 0 Å². The van der Waals surface area contributed by atoms with Crippen molar-refractivity contribution in [1.82, 2.24) is 5.32 Å². The first kappa shape index (κ1) is 18.7. The minimum Gasteiger partial charge on any atom is -0.370 e. The molecule has 1 rings (SSSR count). The van der Waals surface area contributed by atoms with E-state index in [2.05, 4.69) is 63.3 Å². The van der Waals surface area contributed by atoms with Gasteiger partial charge in [-0.25, -0.2) is 0 Å². The average molecular weight is 329 g/mol. The van der Waals surface area contributed by atoms with Crippen LogP contribution in [-0.4, -0.2) is 30.6 Å². The molecule has 1 aromatic carbocycles. The Bertz CT molecular complexity index is 443. The molecule has 0 aromatic heterocycles. The van der Waals surface area contributed by atoms with Gasteiger partial charge in [0.15, 0.2) is 0 Å². The molecule has 21 heavy (non-hydrogen) atoms. The molecule has 1 aromatic rings. The molecular weight excluding hydrogens is 300 g/mol. The molecule has 0 heterocycles. The lowest BCUT2D eigenvalue weighted by molar-refractivity contribution is 0.424. The van der Waals surface area contributed by atoms with E-state index in [1.807, 2.05) is 17.8 Å². The molecule has 0 spiro atoms. The fourth-order valence-corrected chi connectivity index (χ4v) is 3.28. The molecule has 120 valence electrons. The summed E-state index contributed by atoms with van der Waals surface area (Å²) in [6.07, 6.45) is 3.30. The van der Waals surface area contributed by atoms with Gasteiger partial charge in [0.25, 0.3) is 0 Å². The van der Waals surface area contributed by atoms with E-state index in [9.17, 15) is 0 Å². The molecule has 0 aliphatic rings. The first-order valence-corrected chi connectivity index (χ1v) is 9.31. The van der Waals surface area contributed by atoms with Gasteiger partial charge in [-0.2, -0.15) is 11.8 Å². The molecule has 1 unspecified atom stereocenters. The van der Waals surface area contributed by atoms with Crippen molar-refractivity contribution in [2.24, 2.45) is 0 Å². The van der Waals surface area contributed by atoms with Gasteiger partial charge in [0, 0.05) is 41.6 Å². The summed E-state index contributed by atoms with van der Waals surface area (Å²) in [4.78, 5) is 2.38. The summed E-state index contributed by atoms with van der Waals surface area (Å²) in [5.41, 5.74) is 2.65. The van der Waals surface area contributed by atoms with Crippen molar-refractivity contribution in [1.29, 1.82) is 0 Å². The van der Waals surface area contributed by atoms with E-state index in [1.165, 1.54) is 11.3 Å². The van der Waals surface area contributed by atoms with Gasteiger partial charge in [0.2, 0.25) is 0 Å². The standard InChI is InChI=1S/C17H29ClN2S/c1-7-15(12-21-6)20(5)16-10-14(18)9-8-13(16)11-19-17(2,3)4/h8-10,15,19H,7,11-12H2,1-6H3. The summed E-state index contributed by atoms with van der Waals surface area (Å²) in [7, 11) is 2.18. The molecule has 0 saturated carbocycles. The molecule has 0 radical (unpaired) electrons. The molecule has 0 saturated heterocycles. The fraction of sp³-hybridized carbons (Fsp3) is 0.647. The van der Waals surface area contributed by atoms with Gasteiger partial charge in [0.05, 0.1) is 0 Å². The Hall–Kier alpha value is -0.380. The second-order valence-corrected chi connectivity index (χ2v) is 7.85. The third-order valence-electron chi connectivity index (χ3n) is 3.61. The zero-order valence-electron chi connectivity index (χ0n) is 14.2. The van der Waals surface area contributed by atoms with Crippen LogP contribution in [0.2, 0.25) is 5.02 Å². The van der Waals surface area contributed by atoms with Gasteiger partial charge in [-0.3, -0.25) is 0 Å². The first-order chi connectivity index (χ1) is 9.78. The molecule has 0 aliphatic heterocycles. The summed E-state index contributed by atoms with van der Waals surface area (Å²) in [6, 6.07) is 6.74. The number of benzene rings is 1. The van der Waals surface area contributed by atoms with Crippen LogP contribution in [0.15, 0.2) is 18.2 Å². The highest BCUT2D eigenvalue weighted by Gasteiger charge is 2.17. The lowest BCUT2D eigenvalue weighted by atomic mass is 10.1. The maximum atomic E-state index is 6.22. The van der Waals surface area contributed by atoms with Crippen LogP contribution in [0.5, 0.6) is 0 Å². The van der Waals surface area contributed by atoms with Gasteiger partial charge < -0.3 is 10.2 Å². The Morgan fingerprint density at radius 2 is 2.00 bits per heavy atom. The highest BCUT2D eigenvalue weighted by Crippen LogP contribution is 2.27. The van der Waals surface area contributed by atoms with Crippen molar-refractivity contribution < 1.29 is 0 Å². The number of rotatable bonds is 7. The van der Waals surface area contributed by atoms with Crippen LogP contribution in [0.3, 0.4) is 0 Å². The summed E-state index contributed by atoms with van der Waals surface area (Å²) in [5, 5.41) is 4.37. The van der Waals surface area contributed by atoms with Gasteiger partial charge in [-0.15, -0.1) is 0 Å². The van der Waals surface area contributed by atoms with Crippen LogP contribution in [0, 0.1) is 0 Å². The van der Waals surface area contributed by atoms with E-state index in [0.29, 0.717) is 6.04 Å². The van der Waals surface area contributed by atoms with E-state index in [0.717, 1.165) is 23.7 Å². The second-order valence-electron chi connectivity index (χ2n) is 6.50. The average Bonchev–Trinajstić information content (AvgIpc) is 2.41. The Kier molecular flexibility index (Phi) is 7.38. The molecule has 0 fully saturated rings. The number of thioether (sulfide) groups is 1. The SMILES string of the molecule is CCC(CSC)N(C)c1cc(Cl)ccc1CNC(C)(C)C. The highest BCUT2D eigenvalue weighted by atomic mass is 35.5. The molecule has 0 amide bonds. The Labute approximate surface area is 139 Å². The van der Waals surface area contributed by atoms with Crippen LogP contribution in [0.1, 0.15) is 39.7 Å². The molecule has 2 nitrogen and oxygen atoms in total. The van der Waals surface area contributed by atoms with Crippen LogP contribution < -0.4 is 10.2 Å². The van der Waals surface area contributed by atoms with Crippen molar-refractivity contribution in [2.45, 2.75) is 52.2 Å². The van der Waals surface area contributed by atoms with E-state index in [4.69, 9.17) is 11.6 Å². The number of nitrogens with zero attached hydrogens (tertiary/aromatic N) is 1. The van der Waals surface area contributed by atoms with Gasteiger partial charge in [0.1, 0.15) is 0 Å². The smallest absolute Gasteiger partial charge is 0.0426 e. The number of halogens is 1. The highest BCUT2D eigenvalue weighted by molar-refractivity contribution is 7.98. The van der Waals surface area contributed by atoms with Crippen LogP contribution >= 0.6 is 23.4 Å². The quantitative estimate of drug-likeness (QED) is 0.773. The zero-order chi connectivity index (χ0) is 16.0. The minimum atomic E-state index is 0.110. The third-order valence-corrected chi connectivity index (χ3v) is 4.57. The topological polar surface area (TPSA) is 15.3 Å². The summed E-state index contributed by atoms with van der Waals surface area (Å²) in [5.74, 6) is 1.13. The Morgan fingerprint density at radius 3 is 2.52 bits per heavy atom. The molecule has 1 atom stereocenters. The van der Waals surface area contributed by atoms with Crippen molar-refractivity contribution in [3.05, 3.63) is 28.8 Å². The predicted octanol–water partition coefficient (Wildman–Crippen LogP) is 4.81. The Balaban J connectivity index is 3.00. The number of hydrogen-bond donors (Lipinski definition) is 1. The van der Waals surface area contributed by atoms with Gasteiger partial charge in [-0.1, -0.05) is 24.6 Å². The summed E-state index contributed by atoms with van der Waals surface area (Å²) >= 11 is 8.12. The van der Waals surface area contributed by atoms with Crippen molar-refractivity contribution in [3.63, 3.8) is 0 Å². The fourth-order valence-electron chi connectivity index (χ4n) is 2.27. The van der Waals surface area contributed by atoms with E-state index in [-0.39, 0.29) is 5.54 Å². The van der Waals surface area contributed by atoms with Crippen molar-refractivity contribution in [2.75, 3.05) is 24.0 Å². The summed E-state index contributed by atoms with van der Waals surface area (Å²) in [6.45, 7) is 9.67. The molecule has 1 N–H and O–H groups in total. The second kappa shape index (κ2) is 8.30. The Morgan fingerprint density at radius 1 is 1.33 bits per heavy atom. The van der Waals surface area contributed by atoms with Crippen molar-refractivity contribution in [3.8, 4) is 0 Å². The van der Waals surface area contributed by atoms with Crippen LogP contribution in [-0.2, 0) is 6.54 Å². The number of hydrogen-bond acceptors (Lipinski definition) is 3. The van der Waals surface area contributed by atoms with E-state index in [1.54, 1.807) is 0 Å². The third kappa shape index (κ3) is 6.09. The lowest BCUT2D eigenvalue weighted by Gasteiger charge is -2.31. The molecule has 4 heteroatoms. The van der Waals surface area contributed by atoms with Crippen LogP contribution in [0.4, 0.5) is 5.69 Å². The van der Waals surface area contributed by atoms with Gasteiger partial charge in [-0.05, 0) is 51.1 Å². The maximum Gasteiger partial charge on any atom is 0.0426 e. The number of anilines is 1. The summed E-state index contributed by atoms with van der Waals surface area (Å²) < 4.78 is 0. The normalized spacial score (nSPS) is 13.3. The zero-order valence-corrected chi connectivity index (χ0v) is 15.7.